The monoisotopic (exact) mass is 353 g/mol. The Morgan fingerprint density at radius 3 is 2.67 bits per heavy atom. The van der Waals surface area contributed by atoms with Gasteiger partial charge in [-0.15, -0.1) is 11.3 Å². The van der Waals surface area contributed by atoms with Crippen LogP contribution < -0.4 is 5.32 Å². The summed E-state index contributed by atoms with van der Waals surface area (Å²) in [7, 11) is 0. The highest BCUT2D eigenvalue weighted by atomic mass is 35.5. The lowest BCUT2D eigenvalue weighted by atomic mass is 9.96. The van der Waals surface area contributed by atoms with Crippen LogP contribution in [0.4, 0.5) is 5.13 Å². The smallest absolute Gasteiger partial charge is 0.183 e. The molecule has 0 aliphatic carbocycles. The molecular formula is C19H16ClN3S. The van der Waals surface area contributed by atoms with Crippen molar-refractivity contribution in [2.24, 2.45) is 0 Å². The predicted molar refractivity (Wildman–Crippen MR) is 102 cm³/mol. The summed E-state index contributed by atoms with van der Waals surface area (Å²) in [6.45, 7) is 2.11. The average molecular weight is 354 g/mol. The Hall–Kier alpha value is -2.30. The van der Waals surface area contributed by atoms with Crippen LogP contribution in [-0.4, -0.2) is 9.97 Å². The van der Waals surface area contributed by atoms with Crippen LogP contribution in [-0.2, 0) is 0 Å². The zero-order chi connectivity index (χ0) is 16.5. The summed E-state index contributed by atoms with van der Waals surface area (Å²) in [5.74, 6) is 0. The SMILES string of the molecule is Cc1[nH]c2ccccc2c1C(Nc1nccs1)c1ccc(Cl)cc1. The highest BCUT2D eigenvalue weighted by Crippen LogP contribution is 2.35. The van der Waals surface area contributed by atoms with Gasteiger partial charge in [-0.25, -0.2) is 4.98 Å². The molecule has 0 spiro atoms. The van der Waals surface area contributed by atoms with Crippen LogP contribution in [0, 0.1) is 6.92 Å². The maximum atomic E-state index is 6.07. The number of fused-ring (bicyclic) bond motifs is 1. The standard InChI is InChI=1S/C19H16ClN3S/c1-12-17(15-4-2-3-5-16(15)22-12)18(23-19-21-10-11-24-19)13-6-8-14(20)9-7-13/h2-11,18,22H,1H3,(H,21,23). The number of thiazole rings is 1. The molecule has 4 rings (SSSR count). The number of aromatic amines is 1. The molecule has 0 saturated heterocycles. The molecule has 0 aliphatic rings. The predicted octanol–water partition coefficient (Wildman–Crippen LogP) is 5.79. The first-order valence-corrected chi connectivity index (χ1v) is 8.97. The summed E-state index contributed by atoms with van der Waals surface area (Å²) in [6, 6.07) is 16.4. The van der Waals surface area contributed by atoms with Crippen molar-refractivity contribution in [3.05, 3.63) is 82.0 Å². The molecular weight excluding hydrogens is 338 g/mol. The third kappa shape index (κ3) is 2.79. The molecule has 1 atom stereocenters. The molecule has 0 bridgehead atoms. The lowest BCUT2D eigenvalue weighted by Gasteiger charge is -2.20. The van der Waals surface area contributed by atoms with Crippen molar-refractivity contribution in [1.82, 2.24) is 9.97 Å². The van der Waals surface area contributed by atoms with Gasteiger partial charge in [-0.1, -0.05) is 41.9 Å². The zero-order valence-electron chi connectivity index (χ0n) is 13.1. The number of anilines is 1. The van der Waals surface area contributed by atoms with Gasteiger partial charge in [0.05, 0.1) is 6.04 Å². The van der Waals surface area contributed by atoms with E-state index < -0.39 is 0 Å². The second-order valence-corrected chi connectivity index (χ2v) is 7.01. The Balaban J connectivity index is 1.87. The normalized spacial score (nSPS) is 12.4. The van der Waals surface area contributed by atoms with Gasteiger partial charge in [-0.2, -0.15) is 0 Å². The molecule has 2 aromatic heterocycles. The second kappa shape index (κ2) is 6.30. The molecule has 0 fully saturated rings. The largest absolute Gasteiger partial charge is 0.358 e. The van der Waals surface area contributed by atoms with E-state index in [1.54, 1.807) is 11.3 Å². The molecule has 2 N–H and O–H groups in total. The first kappa shape index (κ1) is 15.2. The van der Waals surface area contributed by atoms with Gasteiger partial charge in [0, 0.05) is 38.8 Å². The number of halogens is 1. The third-order valence-electron chi connectivity index (χ3n) is 4.14. The molecule has 0 saturated carbocycles. The van der Waals surface area contributed by atoms with E-state index in [2.05, 4.69) is 52.5 Å². The summed E-state index contributed by atoms with van der Waals surface area (Å²) < 4.78 is 0. The fourth-order valence-electron chi connectivity index (χ4n) is 3.07. The summed E-state index contributed by atoms with van der Waals surface area (Å²) in [5, 5.41) is 8.41. The third-order valence-corrected chi connectivity index (χ3v) is 5.09. The minimum Gasteiger partial charge on any atom is -0.358 e. The van der Waals surface area contributed by atoms with Gasteiger partial charge in [0.15, 0.2) is 5.13 Å². The topological polar surface area (TPSA) is 40.7 Å². The molecule has 4 aromatic rings. The van der Waals surface area contributed by atoms with E-state index in [1.807, 2.05) is 29.8 Å². The van der Waals surface area contributed by atoms with Crippen molar-refractivity contribution in [1.29, 1.82) is 0 Å². The quantitative estimate of drug-likeness (QED) is 0.487. The maximum absolute atomic E-state index is 6.07. The minimum absolute atomic E-state index is 0.00423. The summed E-state index contributed by atoms with van der Waals surface area (Å²) >= 11 is 7.67. The number of aryl methyl sites for hydroxylation is 1. The summed E-state index contributed by atoms with van der Waals surface area (Å²) in [6.07, 6.45) is 1.81. The second-order valence-electron chi connectivity index (χ2n) is 5.68. The van der Waals surface area contributed by atoms with Gasteiger partial charge in [0.25, 0.3) is 0 Å². The number of hydrogen-bond acceptors (Lipinski definition) is 3. The van der Waals surface area contributed by atoms with Crippen LogP contribution in [0.1, 0.15) is 22.9 Å². The van der Waals surface area contributed by atoms with E-state index in [1.165, 1.54) is 10.9 Å². The van der Waals surface area contributed by atoms with E-state index in [4.69, 9.17) is 11.6 Å². The number of rotatable bonds is 4. The molecule has 24 heavy (non-hydrogen) atoms. The Kier molecular flexibility index (Phi) is 4.00. The molecule has 2 aromatic carbocycles. The van der Waals surface area contributed by atoms with Crippen molar-refractivity contribution < 1.29 is 0 Å². The highest BCUT2D eigenvalue weighted by Gasteiger charge is 2.21. The fourth-order valence-corrected chi connectivity index (χ4v) is 3.75. The van der Waals surface area contributed by atoms with Crippen molar-refractivity contribution in [2.75, 3.05) is 5.32 Å². The first-order valence-electron chi connectivity index (χ1n) is 7.71. The molecule has 2 heterocycles. The van der Waals surface area contributed by atoms with Crippen LogP contribution in [0.3, 0.4) is 0 Å². The van der Waals surface area contributed by atoms with Gasteiger partial charge in [0.1, 0.15) is 0 Å². The highest BCUT2D eigenvalue weighted by molar-refractivity contribution is 7.13. The van der Waals surface area contributed by atoms with E-state index in [-0.39, 0.29) is 6.04 Å². The zero-order valence-corrected chi connectivity index (χ0v) is 14.7. The molecule has 1 unspecified atom stereocenters. The first-order chi connectivity index (χ1) is 11.7. The van der Waals surface area contributed by atoms with Crippen molar-refractivity contribution in [3.8, 4) is 0 Å². The fraction of sp³-hybridized carbons (Fsp3) is 0.105. The van der Waals surface area contributed by atoms with Crippen LogP contribution in [0.25, 0.3) is 10.9 Å². The number of aromatic nitrogens is 2. The molecule has 0 amide bonds. The van der Waals surface area contributed by atoms with E-state index in [9.17, 15) is 0 Å². The van der Waals surface area contributed by atoms with Crippen LogP contribution in [0.2, 0.25) is 5.02 Å². The lowest BCUT2D eigenvalue weighted by Crippen LogP contribution is -2.13. The van der Waals surface area contributed by atoms with Crippen LogP contribution in [0.15, 0.2) is 60.1 Å². The number of H-pyrrole nitrogens is 1. The number of nitrogens with zero attached hydrogens (tertiary/aromatic N) is 1. The van der Waals surface area contributed by atoms with Gasteiger partial charge in [0.2, 0.25) is 0 Å². The number of benzene rings is 2. The Morgan fingerprint density at radius 2 is 1.92 bits per heavy atom. The average Bonchev–Trinajstić information content (AvgIpc) is 3.20. The number of hydrogen-bond donors (Lipinski definition) is 2. The molecule has 0 aliphatic heterocycles. The summed E-state index contributed by atoms with van der Waals surface area (Å²) in [5.41, 5.74) is 4.69. The van der Waals surface area contributed by atoms with E-state index >= 15 is 0 Å². The Labute approximate surface area is 149 Å². The Morgan fingerprint density at radius 1 is 1.12 bits per heavy atom. The molecule has 3 nitrogen and oxygen atoms in total. The maximum Gasteiger partial charge on any atom is 0.183 e. The molecule has 0 radical (unpaired) electrons. The van der Waals surface area contributed by atoms with Gasteiger partial charge < -0.3 is 10.3 Å². The molecule has 5 heteroatoms. The number of nitrogens with one attached hydrogen (secondary N) is 2. The summed E-state index contributed by atoms with van der Waals surface area (Å²) in [4.78, 5) is 7.88. The molecule has 120 valence electrons. The van der Waals surface area contributed by atoms with Gasteiger partial charge >= 0.3 is 0 Å². The van der Waals surface area contributed by atoms with Crippen molar-refractivity contribution >= 4 is 39.0 Å². The minimum atomic E-state index is 0.00423. The van der Waals surface area contributed by atoms with Crippen molar-refractivity contribution in [3.63, 3.8) is 0 Å². The van der Waals surface area contributed by atoms with Gasteiger partial charge in [-0.3, -0.25) is 0 Å². The van der Waals surface area contributed by atoms with Crippen molar-refractivity contribution in [2.45, 2.75) is 13.0 Å². The van der Waals surface area contributed by atoms with Crippen LogP contribution >= 0.6 is 22.9 Å². The van der Waals surface area contributed by atoms with E-state index in [0.29, 0.717) is 0 Å². The number of para-hydroxylation sites is 1. The Bertz CT molecular complexity index is 958. The van der Waals surface area contributed by atoms with Gasteiger partial charge in [-0.05, 0) is 30.7 Å². The van der Waals surface area contributed by atoms with E-state index in [0.717, 1.165) is 26.9 Å². The van der Waals surface area contributed by atoms with Crippen LogP contribution in [0.5, 0.6) is 0 Å². The lowest BCUT2D eigenvalue weighted by molar-refractivity contribution is 0.929.